The number of benzene rings is 2. The Morgan fingerprint density at radius 1 is 1.11 bits per heavy atom. The minimum absolute atomic E-state index is 0.0763. The summed E-state index contributed by atoms with van der Waals surface area (Å²) in [5.41, 5.74) is 2.83. The van der Waals surface area contributed by atoms with Crippen molar-refractivity contribution in [2.24, 2.45) is 4.99 Å². The molecule has 3 rings (SSSR count). The van der Waals surface area contributed by atoms with Gasteiger partial charge >= 0.3 is 0 Å². The minimum atomic E-state index is 0.0763. The zero-order valence-corrected chi connectivity index (χ0v) is 17.3. The number of quaternary nitrogens is 1. The SMILES string of the molecule is COc1ccc([C@H](CN=C(C)CC(=O)c2ccc(Cl)cc2)[NH+]2CCCC2)cc1. The Morgan fingerprint density at radius 2 is 1.75 bits per heavy atom. The molecule has 1 saturated heterocycles. The number of ether oxygens (including phenoxy) is 1. The van der Waals surface area contributed by atoms with Gasteiger partial charge in [-0.3, -0.25) is 9.79 Å². The van der Waals surface area contributed by atoms with Gasteiger partial charge in [-0.25, -0.2) is 0 Å². The summed E-state index contributed by atoms with van der Waals surface area (Å²) in [6.45, 7) is 4.99. The predicted octanol–water partition coefficient (Wildman–Crippen LogP) is 3.80. The number of halogens is 1. The van der Waals surface area contributed by atoms with Crippen molar-refractivity contribution in [2.45, 2.75) is 32.2 Å². The van der Waals surface area contributed by atoms with Crippen LogP contribution in [0.5, 0.6) is 5.75 Å². The van der Waals surface area contributed by atoms with Crippen molar-refractivity contribution in [1.29, 1.82) is 0 Å². The van der Waals surface area contributed by atoms with E-state index in [1.54, 1.807) is 36.3 Å². The van der Waals surface area contributed by atoms with E-state index in [2.05, 4.69) is 12.1 Å². The highest BCUT2D eigenvalue weighted by Crippen LogP contribution is 2.18. The summed E-state index contributed by atoms with van der Waals surface area (Å²) in [5, 5.41) is 0.637. The number of nitrogens with one attached hydrogen (secondary N) is 1. The highest BCUT2D eigenvalue weighted by molar-refractivity contribution is 6.30. The van der Waals surface area contributed by atoms with Crippen molar-refractivity contribution in [3.05, 3.63) is 64.7 Å². The maximum atomic E-state index is 12.5. The molecule has 1 fully saturated rings. The lowest BCUT2D eigenvalue weighted by Gasteiger charge is -2.24. The van der Waals surface area contributed by atoms with E-state index in [0.29, 0.717) is 29.6 Å². The van der Waals surface area contributed by atoms with Crippen molar-refractivity contribution in [3.8, 4) is 5.75 Å². The van der Waals surface area contributed by atoms with E-state index in [4.69, 9.17) is 21.3 Å². The van der Waals surface area contributed by atoms with Crippen molar-refractivity contribution < 1.29 is 14.4 Å². The summed E-state index contributed by atoms with van der Waals surface area (Å²) < 4.78 is 5.29. The lowest BCUT2D eigenvalue weighted by atomic mass is 10.0. The Balaban J connectivity index is 1.68. The molecule has 0 aromatic heterocycles. The molecule has 2 aromatic rings. The quantitative estimate of drug-likeness (QED) is 0.542. The largest absolute Gasteiger partial charge is 0.497 e. The molecule has 0 aliphatic carbocycles. The van der Waals surface area contributed by atoms with Crippen molar-refractivity contribution in [2.75, 3.05) is 26.7 Å². The molecular formula is C23H28ClN2O2+. The van der Waals surface area contributed by atoms with E-state index in [9.17, 15) is 4.79 Å². The number of likely N-dealkylation sites (tertiary alicyclic amines) is 1. The summed E-state index contributed by atoms with van der Waals surface area (Å²) in [6, 6.07) is 15.6. The molecule has 0 spiro atoms. The van der Waals surface area contributed by atoms with Gasteiger partial charge < -0.3 is 9.64 Å². The molecule has 0 saturated carbocycles. The fourth-order valence-corrected chi connectivity index (χ4v) is 3.88. The van der Waals surface area contributed by atoms with Gasteiger partial charge in [0.1, 0.15) is 11.8 Å². The fourth-order valence-electron chi connectivity index (χ4n) is 3.76. The molecule has 148 valence electrons. The zero-order chi connectivity index (χ0) is 19.9. The second kappa shape index (κ2) is 9.85. The maximum absolute atomic E-state index is 12.5. The van der Waals surface area contributed by atoms with Gasteiger partial charge in [-0.2, -0.15) is 0 Å². The lowest BCUT2D eigenvalue weighted by molar-refractivity contribution is -0.918. The minimum Gasteiger partial charge on any atom is -0.497 e. The molecular weight excluding hydrogens is 372 g/mol. The van der Waals surface area contributed by atoms with Gasteiger partial charge in [0.15, 0.2) is 5.78 Å². The number of hydrogen-bond donors (Lipinski definition) is 1. The van der Waals surface area contributed by atoms with Gasteiger partial charge in [-0.15, -0.1) is 0 Å². The van der Waals surface area contributed by atoms with E-state index in [0.717, 1.165) is 11.5 Å². The Labute approximate surface area is 172 Å². The van der Waals surface area contributed by atoms with Gasteiger partial charge in [-0.1, -0.05) is 11.6 Å². The molecule has 0 amide bonds. The number of methoxy groups -OCH3 is 1. The zero-order valence-electron chi connectivity index (χ0n) is 16.6. The van der Waals surface area contributed by atoms with E-state index < -0.39 is 0 Å². The fraction of sp³-hybridized carbons (Fsp3) is 0.391. The summed E-state index contributed by atoms with van der Waals surface area (Å²) in [4.78, 5) is 18.8. The van der Waals surface area contributed by atoms with Crippen LogP contribution in [-0.4, -0.2) is 38.2 Å². The summed E-state index contributed by atoms with van der Waals surface area (Å²) in [6.07, 6.45) is 2.87. The monoisotopic (exact) mass is 399 g/mol. The third-order valence-corrected chi connectivity index (χ3v) is 5.64. The molecule has 1 atom stereocenters. The van der Waals surface area contributed by atoms with Crippen LogP contribution < -0.4 is 9.64 Å². The van der Waals surface area contributed by atoms with Gasteiger partial charge in [-0.05, 0) is 55.5 Å². The van der Waals surface area contributed by atoms with E-state index >= 15 is 0 Å². The van der Waals surface area contributed by atoms with Crippen LogP contribution >= 0.6 is 11.6 Å². The molecule has 0 radical (unpaired) electrons. The van der Waals surface area contributed by atoms with Crippen LogP contribution in [0.15, 0.2) is 53.5 Å². The van der Waals surface area contributed by atoms with Crippen LogP contribution in [0.3, 0.4) is 0 Å². The molecule has 2 aromatic carbocycles. The van der Waals surface area contributed by atoms with Crippen LogP contribution in [0.2, 0.25) is 5.02 Å². The third-order valence-electron chi connectivity index (χ3n) is 5.38. The molecule has 5 heteroatoms. The molecule has 1 N–H and O–H groups in total. The number of aliphatic imine (C=N–C) groups is 1. The van der Waals surface area contributed by atoms with E-state index in [1.807, 2.05) is 19.1 Å². The molecule has 1 heterocycles. The first-order chi connectivity index (χ1) is 13.6. The molecule has 4 nitrogen and oxygen atoms in total. The van der Waals surface area contributed by atoms with Crippen LogP contribution in [0.4, 0.5) is 0 Å². The van der Waals surface area contributed by atoms with Gasteiger partial charge in [0, 0.05) is 41.1 Å². The van der Waals surface area contributed by atoms with Crippen LogP contribution in [0.25, 0.3) is 0 Å². The second-order valence-corrected chi connectivity index (χ2v) is 7.81. The molecule has 28 heavy (non-hydrogen) atoms. The highest BCUT2D eigenvalue weighted by Gasteiger charge is 2.27. The Kier molecular flexibility index (Phi) is 7.24. The standard InChI is InChI=1S/C23H27ClN2O2/c1-17(15-23(27)19-5-9-20(24)10-6-19)25-16-22(26-13-3-4-14-26)18-7-11-21(28-2)12-8-18/h5-12,22H,3-4,13-16H2,1-2H3/p+1/t22-/m0/s1. The van der Waals surface area contributed by atoms with Gasteiger partial charge in [0.2, 0.25) is 0 Å². The first-order valence-electron chi connectivity index (χ1n) is 9.84. The molecule has 0 bridgehead atoms. The number of nitrogens with zero attached hydrogens (tertiary/aromatic N) is 1. The van der Waals surface area contributed by atoms with Crippen LogP contribution in [-0.2, 0) is 0 Å². The number of carbonyl (C=O) groups is 1. The number of Topliss-reactive ketones (excluding diaryl/α,β-unsaturated/α-hetero) is 1. The van der Waals surface area contributed by atoms with Crippen molar-refractivity contribution in [3.63, 3.8) is 0 Å². The van der Waals surface area contributed by atoms with Crippen LogP contribution in [0.1, 0.15) is 48.1 Å². The Bertz CT molecular complexity index is 810. The second-order valence-electron chi connectivity index (χ2n) is 7.37. The number of rotatable bonds is 8. The number of carbonyl (C=O) groups excluding carboxylic acids is 1. The summed E-state index contributed by atoms with van der Waals surface area (Å²) in [5.74, 6) is 0.944. The highest BCUT2D eigenvalue weighted by atomic mass is 35.5. The Morgan fingerprint density at radius 3 is 2.36 bits per heavy atom. The first-order valence-corrected chi connectivity index (χ1v) is 10.2. The third kappa shape index (κ3) is 5.43. The van der Waals surface area contributed by atoms with E-state index in [-0.39, 0.29) is 5.78 Å². The topological polar surface area (TPSA) is 43.1 Å². The maximum Gasteiger partial charge on any atom is 0.168 e. The Hall–Kier alpha value is -2.17. The average Bonchev–Trinajstić information content (AvgIpc) is 3.23. The summed E-state index contributed by atoms with van der Waals surface area (Å²) in [7, 11) is 1.68. The van der Waals surface area contributed by atoms with Crippen molar-refractivity contribution >= 4 is 23.1 Å². The lowest BCUT2D eigenvalue weighted by Crippen LogP contribution is -3.10. The van der Waals surface area contributed by atoms with Gasteiger partial charge in [0.05, 0.1) is 26.7 Å². The van der Waals surface area contributed by atoms with E-state index in [1.165, 1.54) is 31.5 Å². The molecule has 1 aliphatic rings. The first kappa shape index (κ1) is 20.6. The predicted molar refractivity (Wildman–Crippen MR) is 114 cm³/mol. The molecule has 0 unspecified atom stereocenters. The van der Waals surface area contributed by atoms with Gasteiger partial charge in [0.25, 0.3) is 0 Å². The normalized spacial score (nSPS) is 16.2. The smallest absolute Gasteiger partial charge is 0.168 e. The van der Waals surface area contributed by atoms with Crippen LogP contribution in [0, 0.1) is 0 Å². The average molecular weight is 400 g/mol. The van der Waals surface area contributed by atoms with Crippen molar-refractivity contribution in [1.82, 2.24) is 0 Å². The summed E-state index contributed by atoms with van der Waals surface area (Å²) >= 11 is 5.90. The number of hydrogen-bond acceptors (Lipinski definition) is 3. The molecule has 1 aliphatic heterocycles. The number of ketones is 1.